The normalized spacial score (nSPS) is 19.9. The molecule has 1 fully saturated rings. The Morgan fingerprint density at radius 1 is 1.28 bits per heavy atom. The Hall–Kier alpha value is -0.380. The van der Waals surface area contributed by atoms with E-state index < -0.39 is 0 Å². The Balaban J connectivity index is 2.11. The molecule has 0 aliphatic heterocycles. The molecule has 0 heterocycles. The minimum absolute atomic E-state index is 0.0296. The van der Waals surface area contributed by atoms with Crippen LogP contribution in [0.25, 0.3) is 0 Å². The van der Waals surface area contributed by atoms with Crippen LogP contribution >= 0.6 is 15.9 Å². The third-order valence-electron chi connectivity index (χ3n) is 4.19. The minimum Gasteiger partial charge on any atom is -0.377 e. The fourth-order valence-electron chi connectivity index (χ4n) is 3.08. The molecule has 1 unspecified atom stereocenters. The molecule has 1 atom stereocenters. The van der Waals surface area contributed by atoms with Gasteiger partial charge in [-0.3, -0.25) is 0 Å². The summed E-state index contributed by atoms with van der Waals surface area (Å²) in [6.07, 6.45) is 5.94. The molecule has 0 radical (unpaired) electrons. The van der Waals surface area contributed by atoms with Gasteiger partial charge in [0.05, 0.1) is 5.60 Å². The molecule has 3 heteroatoms. The molecule has 1 aromatic rings. The Labute approximate surface area is 118 Å². The lowest BCUT2D eigenvalue weighted by Gasteiger charge is -2.36. The van der Waals surface area contributed by atoms with Crippen molar-refractivity contribution in [3.05, 3.63) is 34.3 Å². The Kier molecular flexibility index (Phi) is 4.82. The lowest BCUT2D eigenvalue weighted by Crippen LogP contribution is -2.50. The van der Waals surface area contributed by atoms with Gasteiger partial charge in [-0.15, -0.1) is 0 Å². The number of benzene rings is 1. The molecule has 2 rings (SSSR count). The molecule has 2 nitrogen and oxygen atoms in total. The van der Waals surface area contributed by atoms with E-state index in [1.54, 1.807) is 0 Å². The van der Waals surface area contributed by atoms with E-state index in [1.807, 2.05) is 14.2 Å². The van der Waals surface area contributed by atoms with E-state index in [-0.39, 0.29) is 5.60 Å². The van der Waals surface area contributed by atoms with Gasteiger partial charge in [0.2, 0.25) is 0 Å². The van der Waals surface area contributed by atoms with E-state index in [1.165, 1.54) is 31.2 Å². The zero-order valence-corrected chi connectivity index (χ0v) is 12.8. The highest BCUT2D eigenvalue weighted by Gasteiger charge is 2.40. The Morgan fingerprint density at radius 2 is 1.89 bits per heavy atom. The molecule has 100 valence electrons. The number of halogens is 1. The molecule has 0 spiro atoms. The van der Waals surface area contributed by atoms with E-state index >= 15 is 0 Å². The Morgan fingerprint density at radius 3 is 2.39 bits per heavy atom. The Bertz CT molecular complexity index is 371. The van der Waals surface area contributed by atoms with Crippen molar-refractivity contribution in [2.24, 2.45) is 0 Å². The minimum atomic E-state index is 0.0296. The van der Waals surface area contributed by atoms with Crippen LogP contribution in [0.1, 0.15) is 31.2 Å². The maximum atomic E-state index is 5.88. The molecular formula is C15H22BrNO. The zero-order valence-electron chi connectivity index (χ0n) is 11.2. The summed E-state index contributed by atoms with van der Waals surface area (Å²) in [7, 11) is 3.90. The zero-order chi connectivity index (χ0) is 13.0. The molecule has 0 amide bonds. The van der Waals surface area contributed by atoms with Gasteiger partial charge < -0.3 is 10.1 Å². The average molecular weight is 312 g/mol. The summed E-state index contributed by atoms with van der Waals surface area (Å²) in [5.74, 6) is 0. The van der Waals surface area contributed by atoms with E-state index in [0.717, 1.165) is 10.9 Å². The van der Waals surface area contributed by atoms with Crippen molar-refractivity contribution in [2.45, 2.75) is 43.7 Å². The molecule has 0 bridgehead atoms. The van der Waals surface area contributed by atoms with Gasteiger partial charge in [-0.1, -0.05) is 40.9 Å². The first-order valence-electron chi connectivity index (χ1n) is 6.67. The van der Waals surface area contributed by atoms with Gasteiger partial charge in [0, 0.05) is 17.6 Å². The molecule has 1 aromatic carbocycles. The van der Waals surface area contributed by atoms with Gasteiger partial charge in [-0.25, -0.2) is 0 Å². The van der Waals surface area contributed by atoms with Crippen LogP contribution in [0.4, 0.5) is 0 Å². The second-order valence-electron chi connectivity index (χ2n) is 5.15. The molecule has 0 saturated heterocycles. The molecule has 1 aliphatic carbocycles. The molecule has 18 heavy (non-hydrogen) atoms. The standard InChI is InChI=1S/C15H22BrNO/c1-17-14(15(18-2)9-3-4-10-15)11-12-5-7-13(16)8-6-12/h5-8,14,17H,3-4,9-11H2,1-2H3. The maximum absolute atomic E-state index is 5.88. The smallest absolute Gasteiger partial charge is 0.0834 e. The monoisotopic (exact) mass is 311 g/mol. The first-order valence-corrected chi connectivity index (χ1v) is 7.46. The number of methoxy groups -OCH3 is 1. The summed E-state index contributed by atoms with van der Waals surface area (Å²) >= 11 is 3.48. The van der Waals surface area contributed by atoms with Crippen molar-refractivity contribution in [2.75, 3.05) is 14.2 Å². The van der Waals surface area contributed by atoms with Gasteiger partial charge in [0.15, 0.2) is 0 Å². The van der Waals surface area contributed by atoms with E-state index in [9.17, 15) is 0 Å². The number of hydrogen-bond donors (Lipinski definition) is 1. The van der Waals surface area contributed by atoms with Crippen LogP contribution in [-0.2, 0) is 11.2 Å². The van der Waals surface area contributed by atoms with Gasteiger partial charge in [-0.05, 0) is 44.0 Å². The average Bonchev–Trinajstić information content (AvgIpc) is 2.88. The predicted octanol–water partition coefficient (Wildman–Crippen LogP) is 3.54. The summed E-state index contributed by atoms with van der Waals surface area (Å²) < 4.78 is 7.01. The quantitative estimate of drug-likeness (QED) is 0.898. The molecule has 0 aromatic heterocycles. The van der Waals surface area contributed by atoms with Crippen LogP contribution in [0.3, 0.4) is 0 Å². The molecule has 1 N–H and O–H groups in total. The summed E-state index contributed by atoms with van der Waals surface area (Å²) in [5, 5.41) is 3.46. The van der Waals surface area contributed by atoms with Gasteiger partial charge in [0.1, 0.15) is 0 Å². The van der Waals surface area contributed by atoms with Crippen LogP contribution in [0.2, 0.25) is 0 Å². The van der Waals surface area contributed by atoms with E-state index in [2.05, 4.69) is 45.5 Å². The number of rotatable bonds is 5. The molecule has 1 aliphatic rings. The summed E-state index contributed by atoms with van der Waals surface area (Å²) in [6, 6.07) is 8.98. The van der Waals surface area contributed by atoms with Gasteiger partial charge in [-0.2, -0.15) is 0 Å². The third-order valence-corrected chi connectivity index (χ3v) is 4.72. The lowest BCUT2D eigenvalue weighted by molar-refractivity contribution is -0.0336. The lowest BCUT2D eigenvalue weighted by atomic mass is 9.87. The number of ether oxygens (including phenoxy) is 1. The fourth-order valence-corrected chi connectivity index (χ4v) is 3.34. The maximum Gasteiger partial charge on any atom is 0.0834 e. The first kappa shape index (κ1) is 14.0. The van der Waals surface area contributed by atoms with Crippen LogP contribution in [0, 0.1) is 0 Å². The van der Waals surface area contributed by atoms with Crippen LogP contribution in [0.15, 0.2) is 28.7 Å². The topological polar surface area (TPSA) is 21.3 Å². The SMILES string of the molecule is CNC(Cc1ccc(Br)cc1)C1(OC)CCCC1. The van der Waals surface area contributed by atoms with Crippen LogP contribution < -0.4 is 5.32 Å². The highest BCUT2D eigenvalue weighted by molar-refractivity contribution is 9.10. The van der Waals surface area contributed by atoms with Crippen molar-refractivity contribution in [1.82, 2.24) is 5.32 Å². The number of likely N-dealkylation sites (N-methyl/N-ethyl adjacent to an activating group) is 1. The summed E-state index contributed by atoms with van der Waals surface area (Å²) in [6.45, 7) is 0. The number of nitrogens with one attached hydrogen (secondary N) is 1. The van der Waals surface area contributed by atoms with Crippen LogP contribution in [0.5, 0.6) is 0 Å². The number of hydrogen-bond acceptors (Lipinski definition) is 2. The van der Waals surface area contributed by atoms with E-state index in [0.29, 0.717) is 6.04 Å². The third kappa shape index (κ3) is 2.95. The van der Waals surface area contributed by atoms with E-state index in [4.69, 9.17) is 4.74 Å². The molecular weight excluding hydrogens is 290 g/mol. The first-order chi connectivity index (χ1) is 8.70. The van der Waals surface area contributed by atoms with Crippen LogP contribution in [-0.4, -0.2) is 25.8 Å². The summed E-state index contributed by atoms with van der Waals surface area (Å²) in [4.78, 5) is 0. The fraction of sp³-hybridized carbons (Fsp3) is 0.600. The largest absolute Gasteiger partial charge is 0.377 e. The second kappa shape index (κ2) is 6.18. The van der Waals surface area contributed by atoms with Crippen molar-refractivity contribution in [1.29, 1.82) is 0 Å². The van der Waals surface area contributed by atoms with Gasteiger partial charge in [0.25, 0.3) is 0 Å². The second-order valence-corrected chi connectivity index (χ2v) is 6.06. The van der Waals surface area contributed by atoms with Crippen molar-refractivity contribution >= 4 is 15.9 Å². The highest BCUT2D eigenvalue weighted by atomic mass is 79.9. The van der Waals surface area contributed by atoms with Gasteiger partial charge >= 0.3 is 0 Å². The van der Waals surface area contributed by atoms with Crippen molar-refractivity contribution in [3.63, 3.8) is 0 Å². The summed E-state index contributed by atoms with van der Waals surface area (Å²) in [5.41, 5.74) is 1.39. The van der Waals surface area contributed by atoms with Crippen molar-refractivity contribution < 1.29 is 4.74 Å². The van der Waals surface area contributed by atoms with Crippen molar-refractivity contribution in [3.8, 4) is 0 Å². The molecule has 1 saturated carbocycles. The highest BCUT2D eigenvalue weighted by Crippen LogP contribution is 2.36. The predicted molar refractivity (Wildman–Crippen MR) is 78.9 cm³/mol.